The summed E-state index contributed by atoms with van der Waals surface area (Å²) in [5, 5.41) is 33.8. The maximum Gasteiger partial charge on any atom is 1.00 e. The minimum atomic E-state index is -1.55. The topological polar surface area (TPSA) is 168 Å². The van der Waals surface area contributed by atoms with Crippen LogP contribution in [0.3, 0.4) is 0 Å². The molecule has 6 N–H and O–H groups in total. The molecule has 0 radical (unpaired) electrons. The molecule has 0 fully saturated rings. The maximum absolute atomic E-state index is 13.2. The minimum absolute atomic E-state index is 0. The van der Waals surface area contributed by atoms with Gasteiger partial charge in [-0.25, -0.2) is 0 Å². The van der Waals surface area contributed by atoms with Crippen molar-refractivity contribution in [3.05, 3.63) is 95.1 Å². The Morgan fingerprint density at radius 1 is 0.943 bits per heavy atom. The van der Waals surface area contributed by atoms with Crippen molar-refractivity contribution in [2.45, 2.75) is 18.9 Å². The van der Waals surface area contributed by atoms with Crippen molar-refractivity contribution in [2.75, 3.05) is 5.32 Å². The Balaban J connectivity index is 0.00000432. The molecule has 0 aliphatic heterocycles. The predicted octanol–water partition coefficient (Wildman–Crippen LogP) is -1.36. The van der Waals surface area contributed by atoms with E-state index in [1.807, 2.05) is 0 Å². The van der Waals surface area contributed by atoms with E-state index >= 15 is 0 Å². The predicted molar refractivity (Wildman–Crippen MR) is 124 cm³/mol. The molecule has 35 heavy (non-hydrogen) atoms. The minimum Gasteiger partial charge on any atom is -0.545 e. The molecule has 9 nitrogen and oxygen atoms in total. The normalized spacial score (nSPS) is 11.9. The number of nitrogens with one attached hydrogen (secondary N) is 3. The average Bonchev–Trinajstić information content (AvgIpc) is 2.80. The molecular weight excluding hydrogens is 475 g/mol. The Labute approximate surface area is 244 Å². The fourth-order valence-electron chi connectivity index (χ4n) is 3.38. The van der Waals surface area contributed by atoms with Gasteiger partial charge in [0, 0.05) is 16.8 Å². The quantitative estimate of drug-likeness (QED) is 0.111. The first-order valence-corrected chi connectivity index (χ1v) is 10.3. The van der Waals surface area contributed by atoms with Crippen molar-refractivity contribution in [2.24, 2.45) is 5.73 Å². The molecule has 0 aromatic heterocycles. The first-order chi connectivity index (χ1) is 16.2. The number of nitrogens with two attached hydrogens (primary N) is 1. The first kappa shape index (κ1) is 28.2. The summed E-state index contributed by atoms with van der Waals surface area (Å²) in [5.74, 6) is -4.47. The van der Waals surface area contributed by atoms with E-state index < -0.39 is 41.1 Å². The van der Waals surface area contributed by atoms with Gasteiger partial charge in [0.15, 0.2) is 0 Å². The third-order valence-corrected chi connectivity index (χ3v) is 5.22. The fourth-order valence-corrected chi connectivity index (χ4v) is 3.38. The van der Waals surface area contributed by atoms with Gasteiger partial charge in [0.2, 0.25) is 11.8 Å². The fraction of sp³-hybridized carbons (Fsp3) is 0.120. The summed E-state index contributed by atoms with van der Waals surface area (Å²) in [4.78, 5) is 37.5. The molecule has 0 aliphatic carbocycles. The van der Waals surface area contributed by atoms with Gasteiger partial charge in [-0.05, 0) is 54.4 Å². The van der Waals surface area contributed by atoms with Gasteiger partial charge in [-0.15, -0.1) is 0 Å². The van der Waals surface area contributed by atoms with Gasteiger partial charge < -0.3 is 31.4 Å². The van der Waals surface area contributed by atoms with Gasteiger partial charge in [0.1, 0.15) is 17.5 Å². The van der Waals surface area contributed by atoms with E-state index in [4.69, 9.17) is 11.1 Å². The van der Waals surface area contributed by atoms with E-state index in [0.717, 1.165) is 0 Å². The van der Waals surface area contributed by atoms with E-state index in [9.17, 15) is 24.6 Å². The summed E-state index contributed by atoms with van der Waals surface area (Å²) in [6.07, 6.45) is 0. The van der Waals surface area contributed by atoms with Gasteiger partial charge in [-0.3, -0.25) is 15.0 Å². The van der Waals surface area contributed by atoms with Crippen molar-refractivity contribution < 1.29 is 76.0 Å². The van der Waals surface area contributed by atoms with E-state index in [0.29, 0.717) is 22.4 Å². The SMILES string of the molecule is CC(NC(=O)C(C(=O)Nc1ccc(C(=N)N)cc1)c1ccccc1)c1ccc(O)c(C(=O)[O-])c1.[K+]. The average molecular weight is 499 g/mol. The molecule has 0 heterocycles. The zero-order valence-electron chi connectivity index (χ0n) is 19.2. The maximum atomic E-state index is 13.2. The molecular formula is C25H23KN4O5. The number of amidine groups is 1. The Morgan fingerprint density at radius 2 is 1.57 bits per heavy atom. The molecule has 2 atom stereocenters. The number of hydrogen-bond acceptors (Lipinski definition) is 6. The van der Waals surface area contributed by atoms with Gasteiger partial charge in [-0.2, -0.15) is 0 Å². The van der Waals surface area contributed by atoms with Crippen LogP contribution in [-0.4, -0.2) is 28.7 Å². The van der Waals surface area contributed by atoms with Crippen LogP contribution in [0.25, 0.3) is 0 Å². The summed E-state index contributed by atoms with van der Waals surface area (Å²) in [7, 11) is 0. The van der Waals surface area contributed by atoms with Crippen molar-refractivity contribution in [1.82, 2.24) is 5.32 Å². The Morgan fingerprint density at radius 3 is 2.14 bits per heavy atom. The second kappa shape index (κ2) is 12.6. The molecule has 2 unspecified atom stereocenters. The van der Waals surface area contributed by atoms with Gasteiger partial charge >= 0.3 is 51.4 Å². The monoisotopic (exact) mass is 498 g/mol. The number of carboxylic acids is 1. The largest absolute Gasteiger partial charge is 1.00 e. The number of aromatic carboxylic acids is 1. The molecule has 2 amide bonds. The molecule has 0 spiro atoms. The second-order valence-electron chi connectivity index (χ2n) is 7.62. The van der Waals surface area contributed by atoms with Crippen LogP contribution in [0.5, 0.6) is 5.75 Å². The van der Waals surface area contributed by atoms with Crippen LogP contribution < -0.4 is 72.9 Å². The summed E-state index contributed by atoms with van der Waals surface area (Å²) >= 11 is 0. The smallest absolute Gasteiger partial charge is 0.545 e. The van der Waals surface area contributed by atoms with Crippen LogP contribution >= 0.6 is 0 Å². The number of amides is 2. The van der Waals surface area contributed by atoms with Crippen LogP contribution in [0.2, 0.25) is 0 Å². The van der Waals surface area contributed by atoms with Gasteiger partial charge in [0.25, 0.3) is 0 Å². The number of carboxylic acid groups (broad SMARTS) is 1. The molecule has 3 aromatic carbocycles. The summed E-state index contributed by atoms with van der Waals surface area (Å²) < 4.78 is 0. The number of carbonyl (C=O) groups is 3. The van der Waals surface area contributed by atoms with Crippen molar-refractivity contribution in [1.29, 1.82) is 5.41 Å². The zero-order chi connectivity index (χ0) is 24.8. The van der Waals surface area contributed by atoms with E-state index in [2.05, 4.69) is 10.6 Å². The van der Waals surface area contributed by atoms with Crippen LogP contribution in [-0.2, 0) is 9.59 Å². The summed E-state index contributed by atoms with van der Waals surface area (Å²) in [5.41, 5.74) is 6.85. The standard InChI is InChI=1S/C25H24N4O5.K/c1-14(17-9-12-20(30)19(13-17)25(33)34)28-23(31)21(15-5-3-2-4-6-15)24(32)29-18-10-7-16(8-11-18)22(26)27;/h2-14,21,30H,1H3,(H3,26,27)(H,28,31)(H,29,32)(H,33,34);/q;+1/p-1. The Bertz CT molecular complexity index is 1230. The molecule has 10 heteroatoms. The number of hydrogen-bond donors (Lipinski definition) is 5. The van der Waals surface area contributed by atoms with Gasteiger partial charge in [-0.1, -0.05) is 36.4 Å². The van der Waals surface area contributed by atoms with Crippen molar-refractivity contribution >= 4 is 29.3 Å². The summed E-state index contributed by atoms with van der Waals surface area (Å²) in [6, 6.07) is 18.0. The molecule has 0 saturated carbocycles. The van der Waals surface area contributed by atoms with Crippen LogP contribution in [0.1, 0.15) is 45.9 Å². The molecule has 0 bridgehead atoms. The second-order valence-corrected chi connectivity index (χ2v) is 7.62. The third-order valence-electron chi connectivity index (χ3n) is 5.22. The Kier molecular flexibility index (Phi) is 10.2. The molecule has 0 saturated heterocycles. The van der Waals surface area contributed by atoms with E-state index in [-0.39, 0.29) is 57.2 Å². The number of carbonyl (C=O) groups excluding carboxylic acids is 3. The Hall–Kier alpha value is -3.02. The van der Waals surface area contributed by atoms with E-state index in [1.54, 1.807) is 61.5 Å². The number of phenols is 1. The van der Waals surface area contributed by atoms with E-state index in [1.165, 1.54) is 18.2 Å². The van der Waals surface area contributed by atoms with Crippen LogP contribution in [0.15, 0.2) is 72.8 Å². The third kappa shape index (κ3) is 7.23. The summed E-state index contributed by atoms with van der Waals surface area (Å²) in [6.45, 7) is 1.63. The molecule has 3 rings (SSSR count). The van der Waals surface area contributed by atoms with Crippen LogP contribution in [0.4, 0.5) is 5.69 Å². The molecule has 0 aliphatic rings. The number of benzene rings is 3. The number of nitrogen functional groups attached to an aromatic ring is 1. The number of rotatable bonds is 8. The van der Waals surface area contributed by atoms with Crippen molar-refractivity contribution in [3.8, 4) is 5.75 Å². The van der Waals surface area contributed by atoms with Gasteiger partial charge in [0.05, 0.1) is 12.0 Å². The zero-order valence-corrected chi connectivity index (χ0v) is 22.4. The number of anilines is 1. The van der Waals surface area contributed by atoms with Crippen molar-refractivity contribution in [3.63, 3.8) is 0 Å². The number of aromatic hydroxyl groups is 1. The first-order valence-electron chi connectivity index (χ1n) is 10.3. The molecule has 3 aromatic rings. The van der Waals surface area contributed by atoms with Crippen LogP contribution in [0, 0.1) is 5.41 Å². The molecule has 174 valence electrons.